The molecule has 2 aromatic heterocycles. The minimum Gasteiger partial charge on any atom is -0.314 e. The highest BCUT2D eigenvalue weighted by atomic mass is 35.5. The lowest BCUT2D eigenvalue weighted by atomic mass is 10.0. The summed E-state index contributed by atoms with van der Waals surface area (Å²) in [7, 11) is 0. The van der Waals surface area contributed by atoms with Gasteiger partial charge in [0.05, 0.1) is 6.04 Å². The molecule has 0 saturated carbocycles. The molecule has 1 N–H and O–H groups in total. The number of hydrogen-bond acceptors (Lipinski definition) is 4. The Hall–Kier alpha value is -0.650. The molecule has 20 heavy (non-hydrogen) atoms. The summed E-state index contributed by atoms with van der Waals surface area (Å²) in [6, 6.07) is 8.19. The van der Waals surface area contributed by atoms with E-state index in [0.29, 0.717) is 10.3 Å². The second kappa shape index (κ2) is 6.41. The number of pyridine rings is 1. The fourth-order valence-corrected chi connectivity index (χ4v) is 3.87. The van der Waals surface area contributed by atoms with Gasteiger partial charge in [-0.25, -0.2) is 4.98 Å². The first-order valence-electron chi connectivity index (χ1n) is 6.56. The lowest BCUT2D eigenvalue weighted by molar-refractivity contribution is 0.200. The second-order valence-corrected chi connectivity index (χ2v) is 6.44. The summed E-state index contributed by atoms with van der Waals surface area (Å²) >= 11 is 14.0. The molecule has 1 saturated heterocycles. The Bertz CT molecular complexity index is 568. The number of aromatic nitrogens is 1. The third-order valence-electron chi connectivity index (χ3n) is 3.47. The van der Waals surface area contributed by atoms with Crippen LogP contribution in [-0.4, -0.2) is 36.1 Å². The van der Waals surface area contributed by atoms with Crippen LogP contribution >= 0.6 is 34.5 Å². The Morgan fingerprint density at radius 1 is 1.20 bits per heavy atom. The predicted molar refractivity (Wildman–Crippen MR) is 84.9 cm³/mol. The molecule has 1 aliphatic heterocycles. The van der Waals surface area contributed by atoms with Crippen molar-refractivity contribution < 1.29 is 0 Å². The molecule has 0 aliphatic carbocycles. The molecule has 2 aromatic rings. The number of piperazine rings is 1. The highest BCUT2D eigenvalue weighted by Gasteiger charge is 2.26. The molecular formula is C14H15Cl2N3S. The molecule has 6 heteroatoms. The standard InChI is InChI=1S/C14H15Cl2N3S/c15-12-4-3-10(14(16)18-12)13(11-2-1-9-20-11)19-7-5-17-6-8-19/h1-4,9,13,17H,5-8H2/t13-/m1/s1. The Labute approximate surface area is 132 Å². The first-order valence-corrected chi connectivity index (χ1v) is 8.19. The fourth-order valence-electron chi connectivity index (χ4n) is 2.54. The monoisotopic (exact) mass is 327 g/mol. The number of halogens is 2. The van der Waals surface area contributed by atoms with E-state index >= 15 is 0 Å². The van der Waals surface area contributed by atoms with E-state index in [1.807, 2.05) is 12.1 Å². The van der Waals surface area contributed by atoms with Crippen molar-refractivity contribution in [3.05, 3.63) is 50.4 Å². The third kappa shape index (κ3) is 3.00. The molecule has 1 aliphatic rings. The van der Waals surface area contributed by atoms with Crippen LogP contribution in [0, 0.1) is 0 Å². The maximum absolute atomic E-state index is 6.33. The molecule has 1 atom stereocenters. The summed E-state index contributed by atoms with van der Waals surface area (Å²) in [5.74, 6) is 0. The van der Waals surface area contributed by atoms with Gasteiger partial charge in [-0.15, -0.1) is 11.3 Å². The molecule has 1 fully saturated rings. The highest BCUT2D eigenvalue weighted by molar-refractivity contribution is 7.10. The number of rotatable bonds is 3. The van der Waals surface area contributed by atoms with E-state index in [1.54, 1.807) is 11.3 Å². The summed E-state index contributed by atoms with van der Waals surface area (Å²) in [6.07, 6.45) is 0. The number of hydrogen-bond donors (Lipinski definition) is 1. The van der Waals surface area contributed by atoms with Crippen LogP contribution in [0.1, 0.15) is 16.5 Å². The minimum absolute atomic E-state index is 0.161. The van der Waals surface area contributed by atoms with E-state index in [-0.39, 0.29) is 6.04 Å². The van der Waals surface area contributed by atoms with Crippen LogP contribution < -0.4 is 5.32 Å². The first-order chi connectivity index (χ1) is 9.75. The highest BCUT2D eigenvalue weighted by Crippen LogP contribution is 2.35. The summed E-state index contributed by atoms with van der Waals surface area (Å²) in [5, 5.41) is 6.41. The molecule has 3 nitrogen and oxygen atoms in total. The van der Waals surface area contributed by atoms with Gasteiger partial charge >= 0.3 is 0 Å². The van der Waals surface area contributed by atoms with Crippen LogP contribution in [0.4, 0.5) is 0 Å². The van der Waals surface area contributed by atoms with Crippen molar-refractivity contribution in [2.45, 2.75) is 6.04 Å². The molecule has 0 spiro atoms. The molecule has 3 heterocycles. The Morgan fingerprint density at radius 3 is 2.65 bits per heavy atom. The van der Waals surface area contributed by atoms with Crippen molar-refractivity contribution in [2.24, 2.45) is 0 Å². The number of thiophene rings is 1. The lowest BCUT2D eigenvalue weighted by Crippen LogP contribution is -2.45. The molecule has 3 rings (SSSR count). The smallest absolute Gasteiger partial charge is 0.135 e. The number of nitrogens with one attached hydrogen (secondary N) is 1. The van der Waals surface area contributed by atoms with Crippen molar-refractivity contribution in [1.82, 2.24) is 15.2 Å². The molecular weight excluding hydrogens is 313 g/mol. The molecule has 0 bridgehead atoms. The molecule has 0 unspecified atom stereocenters. The SMILES string of the molecule is Clc1ccc([C@H](c2cccs2)N2CCNCC2)c(Cl)n1. The molecule has 0 radical (unpaired) electrons. The lowest BCUT2D eigenvalue weighted by Gasteiger charge is -2.34. The van der Waals surface area contributed by atoms with Gasteiger partial charge in [-0.1, -0.05) is 35.3 Å². The number of nitrogens with zero attached hydrogens (tertiary/aromatic N) is 2. The second-order valence-electron chi connectivity index (χ2n) is 4.72. The van der Waals surface area contributed by atoms with E-state index in [1.165, 1.54) is 4.88 Å². The van der Waals surface area contributed by atoms with Crippen molar-refractivity contribution in [1.29, 1.82) is 0 Å². The fraction of sp³-hybridized carbons (Fsp3) is 0.357. The van der Waals surface area contributed by atoms with Crippen LogP contribution in [-0.2, 0) is 0 Å². The average Bonchev–Trinajstić information content (AvgIpc) is 2.97. The quantitative estimate of drug-likeness (QED) is 0.875. The largest absolute Gasteiger partial charge is 0.314 e. The van der Waals surface area contributed by atoms with Crippen LogP contribution in [0.15, 0.2) is 29.6 Å². The van der Waals surface area contributed by atoms with Gasteiger partial charge in [-0.3, -0.25) is 4.90 Å². The van der Waals surface area contributed by atoms with E-state index in [9.17, 15) is 0 Å². The van der Waals surface area contributed by atoms with Gasteiger partial charge in [0.15, 0.2) is 0 Å². The van der Waals surface area contributed by atoms with E-state index in [2.05, 4.69) is 32.7 Å². The zero-order chi connectivity index (χ0) is 13.9. The van der Waals surface area contributed by atoms with Crippen molar-refractivity contribution in [2.75, 3.05) is 26.2 Å². The van der Waals surface area contributed by atoms with E-state index in [0.717, 1.165) is 31.7 Å². The van der Waals surface area contributed by atoms with Gasteiger partial charge in [0.1, 0.15) is 10.3 Å². The zero-order valence-corrected chi connectivity index (χ0v) is 13.2. The van der Waals surface area contributed by atoms with Crippen molar-refractivity contribution >= 4 is 34.5 Å². The third-order valence-corrected chi connectivity index (χ3v) is 4.91. The van der Waals surface area contributed by atoms with Crippen LogP contribution in [0.25, 0.3) is 0 Å². The summed E-state index contributed by atoms with van der Waals surface area (Å²) in [4.78, 5) is 7.93. The zero-order valence-electron chi connectivity index (χ0n) is 10.9. The van der Waals surface area contributed by atoms with Crippen LogP contribution in [0.2, 0.25) is 10.3 Å². The molecule has 106 valence electrons. The maximum atomic E-state index is 6.33. The predicted octanol–water partition coefficient (Wildman–Crippen LogP) is 3.44. The van der Waals surface area contributed by atoms with Crippen LogP contribution in [0.5, 0.6) is 0 Å². The summed E-state index contributed by atoms with van der Waals surface area (Å²) in [5.41, 5.74) is 1.03. The van der Waals surface area contributed by atoms with Gasteiger partial charge < -0.3 is 5.32 Å². The minimum atomic E-state index is 0.161. The summed E-state index contributed by atoms with van der Waals surface area (Å²) in [6.45, 7) is 4.00. The average molecular weight is 328 g/mol. The van der Waals surface area contributed by atoms with Crippen molar-refractivity contribution in [3.8, 4) is 0 Å². The van der Waals surface area contributed by atoms with Crippen molar-refractivity contribution in [3.63, 3.8) is 0 Å². The Kier molecular flexibility index (Phi) is 4.58. The maximum Gasteiger partial charge on any atom is 0.135 e. The Morgan fingerprint density at radius 2 is 2.00 bits per heavy atom. The first kappa shape index (κ1) is 14.3. The van der Waals surface area contributed by atoms with Crippen LogP contribution in [0.3, 0.4) is 0 Å². The molecule has 0 aromatic carbocycles. The topological polar surface area (TPSA) is 28.2 Å². The summed E-state index contributed by atoms with van der Waals surface area (Å²) < 4.78 is 0. The normalized spacial score (nSPS) is 18.1. The Balaban J connectivity index is 2.00. The van der Waals surface area contributed by atoms with E-state index < -0.39 is 0 Å². The van der Waals surface area contributed by atoms with Gasteiger partial charge in [0.25, 0.3) is 0 Å². The van der Waals surface area contributed by atoms with E-state index in [4.69, 9.17) is 23.2 Å². The van der Waals surface area contributed by atoms with Gasteiger partial charge in [0.2, 0.25) is 0 Å². The van der Waals surface area contributed by atoms with Gasteiger partial charge in [-0.05, 0) is 17.5 Å². The van der Waals surface area contributed by atoms with Gasteiger partial charge in [-0.2, -0.15) is 0 Å². The van der Waals surface area contributed by atoms with Gasteiger partial charge in [0, 0.05) is 36.6 Å². The molecule has 0 amide bonds.